The van der Waals surface area contributed by atoms with Crippen molar-refractivity contribution in [1.29, 1.82) is 0 Å². The molecule has 44 heavy (non-hydrogen) atoms. The van der Waals surface area contributed by atoms with Gasteiger partial charge in [-0.2, -0.15) is 0 Å². The van der Waals surface area contributed by atoms with Crippen molar-refractivity contribution in [3.63, 3.8) is 0 Å². The van der Waals surface area contributed by atoms with E-state index in [9.17, 15) is 30.0 Å². The second-order valence-electron chi connectivity index (χ2n) is 12.6. The van der Waals surface area contributed by atoms with Gasteiger partial charge in [-0.3, -0.25) is 4.79 Å². The minimum absolute atomic E-state index is 0.0251. The van der Waals surface area contributed by atoms with E-state index < -0.39 is 48.3 Å². The van der Waals surface area contributed by atoms with Gasteiger partial charge in [-0.25, -0.2) is 4.79 Å². The topological polar surface area (TPSA) is 143 Å². The van der Waals surface area contributed by atoms with Crippen LogP contribution in [0.15, 0.2) is 59.4 Å². The zero-order valence-corrected chi connectivity index (χ0v) is 28.1. The summed E-state index contributed by atoms with van der Waals surface area (Å²) in [4.78, 5) is 26.4. The molecule has 0 fully saturated rings. The number of ketones is 1. The summed E-state index contributed by atoms with van der Waals surface area (Å²) in [6.45, 7) is 14.3. The monoisotopic (exact) mass is 620 g/mol. The van der Waals surface area contributed by atoms with E-state index in [1.54, 1.807) is 45.1 Å². The number of carbonyl (C=O) groups is 2. The Hall–Kier alpha value is -2.56. The highest BCUT2D eigenvalue weighted by atomic mass is 16.6. The van der Waals surface area contributed by atoms with Crippen molar-refractivity contribution in [3.05, 3.63) is 59.4 Å². The van der Waals surface area contributed by atoms with Crippen molar-refractivity contribution >= 4 is 11.8 Å². The molecule has 0 aromatic carbocycles. The van der Waals surface area contributed by atoms with Crippen LogP contribution in [0.25, 0.3) is 0 Å². The molecule has 1 heterocycles. The molecule has 10 atom stereocenters. The number of ether oxygens (including phenoxy) is 3. The second kappa shape index (κ2) is 19.1. The average Bonchev–Trinajstić information content (AvgIpc) is 2.99. The number of hydrogen-bond donors (Lipinski definition) is 4. The van der Waals surface area contributed by atoms with Crippen LogP contribution >= 0.6 is 0 Å². The smallest absolute Gasteiger partial charge is 0.373 e. The molecule has 1 aliphatic rings. The van der Waals surface area contributed by atoms with Crippen LogP contribution in [-0.2, 0) is 23.8 Å². The number of hydrogen-bond acceptors (Lipinski definition) is 9. The van der Waals surface area contributed by atoms with E-state index in [-0.39, 0.29) is 41.8 Å². The van der Waals surface area contributed by atoms with Crippen LogP contribution in [0.2, 0.25) is 0 Å². The largest absolute Gasteiger partial charge is 0.490 e. The predicted molar refractivity (Wildman–Crippen MR) is 171 cm³/mol. The van der Waals surface area contributed by atoms with Crippen molar-refractivity contribution in [1.82, 2.24) is 0 Å². The highest BCUT2D eigenvalue weighted by Gasteiger charge is 2.38. The van der Waals surface area contributed by atoms with Gasteiger partial charge in [-0.15, -0.1) is 0 Å². The van der Waals surface area contributed by atoms with E-state index in [0.29, 0.717) is 17.6 Å². The third-order valence-electron chi connectivity index (χ3n) is 8.49. The van der Waals surface area contributed by atoms with Gasteiger partial charge in [-0.05, 0) is 42.9 Å². The van der Waals surface area contributed by atoms with E-state index in [0.717, 1.165) is 0 Å². The number of rotatable bonds is 11. The Balaban J connectivity index is 3.51. The summed E-state index contributed by atoms with van der Waals surface area (Å²) >= 11 is 0. The quantitative estimate of drug-likeness (QED) is 0.196. The van der Waals surface area contributed by atoms with Crippen molar-refractivity contribution in [2.24, 2.45) is 35.5 Å². The normalized spacial score (nSPS) is 27.9. The molecule has 0 aromatic heterocycles. The molecule has 0 aromatic rings. The van der Waals surface area contributed by atoms with Gasteiger partial charge in [0, 0.05) is 30.8 Å². The van der Waals surface area contributed by atoms with Gasteiger partial charge in [-0.1, -0.05) is 84.4 Å². The molecule has 0 saturated heterocycles. The van der Waals surface area contributed by atoms with Crippen LogP contribution in [0.5, 0.6) is 0 Å². The van der Waals surface area contributed by atoms with Gasteiger partial charge in [0.2, 0.25) is 5.76 Å². The highest BCUT2D eigenvalue weighted by molar-refractivity contribution is 5.92. The van der Waals surface area contributed by atoms with Crippen LogP contribution in [0, 0.1) is 35.5 Å². The summed E-state index contributed by atoms with van der Waals surface area (Å²) < 4.78 is 17.0. The Bertz CT molecular complexity index is 1070. The molecule has 4 N–H and O–H groups in total. The summed E-state index contributed by atoms with van der Waals surface area (Å²) in [7, 11) is 2.80. The lowest BCUT2D eigenvalue weighted by molar-refractivity contribution is -0.162. The van der Waals surface area contributed by atoms with Crippen LogP contribution in [0.4, 0.5) is 0 Å². The minimum atomic E-state index is -1.21. The fraction of sp³-hybridized carbons (Fsp3) is 0.657. The lowest BCUT2D eigenvalue weighted by Crippen LogP contribution is -2.45. The summed E-state index contributed by atoms with van der Waals surface area (Å²) in [5.41, 5.74) is 1.38. The Morgan fingerprint density at radius 2 is 1.75 bits per heavy atom. The van der Waals surface area contributed by atoms with Crippen LogP contribution in [-0.4, -0.2) is 83.5 Å². The summed E-state index contributed by atoms with van der Waals surface area (Å²) in [6.07, 6.45) is 7.57. The number of cyclic esters (lactones) is 1. The number of aliphatic hydroxyl groups excluding tert-OH is 4. The molecule has 1 aliphatic heterocycles. The minimum Gasteiger partial charge on any atom is -0.490 e. The first kappa shape index (κ1) is 39.5. The molecule has 1 rings (SSSR count). The maximum Gasteiger partial charge on any atom is 0.373 e. The van der Waals surface area contributed by atoms with Crippen LogP contribution in [0.3, 0.4) is 0 Å². The second-order valence-corrected chi connectivity index (χ2v) is 12.6. The van der Waals surface area contributed by atoms with Gasteiger partial charge in [0.05, 0.1) is 32.0 Å². The fourth-order valence-corrected chi connectivity index (χ4v) is 5.42. The van der Waals surface area contributed by atoms with Crippen LogP contribution < -0.4 is 0 Å². The van der Waals surface area contributed by atoms with Gasteiger partial charge >= 0.3 is 5.97 Å². The summed E-state index contributed by atoms with van der Waals surface area (Å²) in [6, 6.07) is 0. The molecular weight excluding hydrogens is 564 g/mol. The van der Waals surface area contributed by atoms with E-state index in [2.05, 4.69) is 0 Å². The van der Waals surface area contributed by atoms with E-state index in [1.807, 2.05) is 40.7 Å². The molecule has 10 unspecified atom stereocenters. The van der Waals surface area contributed by atoms with Crippen LogP contribution in [0.1, 0.15) is 61.8 Å². The lowest BCUT2D eigenvalue weighted by Gasteiger charge is -2.33. The summed E-state index contributed by atoms with van der Waals surface area (Å²) in [5, 5.41) is 42.5. The van der Waals surface area contributed by atoms with E-state index in [1.165, 1.54) is 26.4 Å². The molecular formula is C35H56O9. The highest BCUT2D eigenvalue weighted by Crippen LogP contribution is 2.27. The molecule has 0 bridgehead atoms. The van der Waals surface area contributed by atoms with E-state index in [4.69, 9.17) is 14.2 Å². The molecule has 9 nitrogen and oxygen atoms in total. The Kier molecular flexibility index (Phi) is 17.1. The predicted octanol–water partition coefficient (Wildman–Crippen LogP) is 4.31. The number of esters is 1. The molecule has 0 radical (unpaired) electrons. The van der Waals surface area contributed by atoms with Crippen molar-refractivity contribution in [2.45, 2.75) is 92.3 Å². The number of allylic oxidation sites excluding steroid dienone is 5. The maximum absolute atomic E-state index is 13.4. The Labute approximate surface area is 264 Å². The third-order valence-corrected chi connectivity index (χ3v) is 8.49. The first-order valence-electron chi connectivity index (χ1n) is 15.5. The molecule has 0 amide bonds. The fourth-order valence-electron chi connectivity index (χ4n) is 5.42. The zero-order valence-electron chi connectivity index (χ0n) is 28.1. The Morgan fingerprint density at radius 3 is 2.30 bits per heavy atom. The van der Waals surface area contributed by atoms with Gasteiger partial charge in [0.1, 0.15) is 12.2 Å². The lowest BCUT2D eigenvalue weighted by atomic mass is 9.84. The molecule has 0 saturated carbocycles. The zero-order chi connectivity index (χ0) is 33.7. The van der Waals surface area contributed by atoms with Gasteiger partial charge in [0.25, 0.3) is 0 Å². The van der Waals surface area contributed by atoms with Gasteiger partial charge in [0.15, 0.2) is 5.78 Å². The summed E-state index contributed by atoms with van der Waals surface area (Å²) in [5.74, 6) is -3.41. The first-order chi connectivity index (χ1) is 20.6. The molecule has 0 spiro atoms. The molecule has 250 valence electrons. The van der Waals surface area contributed by atoms with Crippen molar-refractivity contribution in [3.8, 4) is 0 Å². The standard InChI is InChI=1S/C35H56O9/c1-20(2)31(38)22(4)14-15-28(37)25(7)33(40)26(8)34-29(42-9)13-11-12-27(19-36)18-24(6)32(39)23(5)16-21(3)17-30(43-10)35(41)44-34/h11-17,20,22-26,29,31-34,36,38-40H,18-19H2,1-10H3. The number of aliphatic hydroxyl groups is 4. The van der Waals surface area contributed by atoms with Crippen molar-refractivity contribution in [2.75, 3.05) is 20.8 Å². The third kappa shape index (κ3) is 11.7. The van der Waals surface area contributed by atoms with E-state index >= 15 is 0 Å². The van der Waals surface area contributed by atoms with Crippen molar-refractivity contribution < 1.29 is 44.2 Å². The number of carbonyl (C=O) groups excluding carboxylic acids is 2. The Morgan fingerprint density at radius 1 is 1.11 bits per heavy atom. The maximum atomic E-state index is 13.4. The first-order valence-corrected chi connectivity index (χ1v) is 15.5. The SMILES string of the molecule is COC1=CC(C)=CC(C)C(O)C(C)CC(CO)=CC=CC(OC)C(C(C)C(O)C(C)C(=O)C=CC(C)C(O)C(C)C)OC1=O. The number of methoxy groups -OCH3 is 2. The molecule has 0 aliphatic carbocycles. The average molecular weight is 621 g/mol. The van der Waals surface area contributed by atoms with Gasteiger partial charge < -0.3 is 34.6 Å². The molecule has 9 heteroatoms.